The molecule has 2 aromatic heterocycles. The molecule has 1 aromatic carbocycles. The predicted octanol–water partition coefficient (Wildman–Crippen LogP) is 4.10. The maximum absolute atomic E-state index is 13.0. The molecule has 0 bridgehead atoms. The Bertz CT molecular complexity index is 1150. The molecule has 3 aromatic rings. The van der Waals surface area contributed by atoms with Crippen molar-refractivity contribution in [3.05, 3.63) is 88.2 Å². The third-order valence-corrected chi connectivity index (χ3v) is 5.87. The van der Waals surface area contributed by atoms with Gasteiger partial charge in [0.2, 0.25) is 0 Å². The molecule has 1 unspecified atom stereocenters. The number of pyridine rings is 1. The van der Waals surface area contributed by atoms with Gasteiger partial charge in [0.1, 0.15) is 5.76 Å². The molecule has 1 aliphatic rings. The number of rotatable bonds is 6. The third-order valence-electron chi connectivity index (χ3n) is 5.13. The minimum absolute atomic E-state index is 0.0113. The van der Waals surface area contributed by atoms with Crippen molar-refractivity contribution < 1.29 is 14.7 Å². The van der Waals surface area contributed by atoms with E-state index in [1.807, 2.05) is 10.8 Å². The first kappa shape index (κ1) is 21.1. The number of aromatic nitrogens is 3. The minimum Gasteiger partial charge on any atom is -0.507 e. The van der Waals surface area contributed by atoms with E-state index < -0.39 is 17.7 Å². The van der Waals surface area contributed by atoms with E-state index in [1.165, 1.54) is 17.3 Å². The first-order chi connectivity index (χ1) is 15.0. The Labute approximate surface area is 188 Å². The van der Waals surface area contributed by atoms with Crippen LogP contribution < -0.4 is 0 Å². The van der Waals surface area contributed by atoms with Crippen LogP contribution in [0.2, 0.25) is 10.0 Å². The zero-order valence-electron chi connectivity index (χ0n) is 16.3. The van der Waals surface area contributed by atoms with Crippen LogP contribution in [-0.4, -0.2) is 42.8 Å². The number of aliphatic hydroxyl groups is 1. The highest BCUT2D eigenvalue weighted by Crippen LogP contribution is 2.40. The third kappa shape index (κ3) is 4.19. The van der Waals surface area contributed by atoms with Crippen LogP contribution in [0.4, 0.5) is 0 Å². The van der Waals surface area contributed by atoms with Gasteiger partial charge in [0, 0.05) is 43.4 Å². The number of benzene rings is 1. The summed E-state index contributed by atoms with van der Waals surface area (Å²) < 4.78 is 1.89. The molecule has 1 fully saturated rings. The van der Waals surface area contributed by atoms with Crippen molar-refractivity contribution in [1.29, 1.82) is 0 Å². The first-order valence-corrected chi connectivity index (χ1v) is 10.3. The highest BCUT2D eigenvalue weighted by atomic mass is 35.5. The minimum atomic E-state index is -0.786. The number of carbonyl (C=O) groups is 2. The summed E-state index contributed by atoms with van der Waals surface area (Å²) in [5.41, 5.74) is 1.00. The SMILES string of the molecule is O=C1C(=O)N(CCCn2ccnc2)C(c2ccc(Cl)c(Cl)c2)/C1=C(\O)c1ccncc1. The molecule has 1 amide bonds. The van der Waals surface area contributed by atoms with E-state index in [0.29, 0.717) is 40.7 Å². The number of nitrogens with zero attached hydrogens (tertiary/aromatic N) is 4. The second-order valence-corrected chi connectivity index (χ2v) is 7.87. The van der Waals surface area contributed by atoms with Crippen molar-refractivity contribution in [2.75, 3.05) is 6.54 Å². The molecule has 1 atom stereocenters. The van der Waals surface area contributed by atoms with Gasteiger partial charge in [0.05, 0.1) is 28.0 Å². The van der Waals surface area contributed by atoms with E-state index in [9.17, 15) is 14.7 Å². The monoisotopic (exact) mass is 456 g/mol. The van der Waals surface area contributed by atoms with Gasteiger partial charge >= 0.3 is 0 Å². The van der Waals surface area contributed by atoms with Crippen LogP contribution in [0.15, 0.2) is 67.0 Å². The lowest BCUT2D eigenvalue weighted by molar-refractivity contribution is -0.139. The summed E-state index contributed by atoms with van der Waals surface area (Å²) in [6.07, 6.45) is 8.80. The van der Waals surface area contributed by atoms with Crippen LogP contribution in [0.3, 0.4) is 0 Å². The number of likely N-dealkylation sites (tertiary alicyclic amines) is 1. The summed E-state index contributed by atoms with van der Waals surface area (Å²) in [5, 5.41) is 11.6. The number of carbonyl (C=O) groups excluding carboxylic acids is 2. The van der Waals surface area contributed by atoms with Crippen LogP contribution in [0, 0.1) is 0 Å². The van der Waals surface area contributed by atoms with E-state index in [0.717, 1.165) is 0 Å². The fourth-order valence-corrected chi connectivity index (χ4v) is 3.95. The molecule has 1 aliphatic heterocycles. The molecule has 0 spiro atoms. The summed E-state index contributed by atoms with van der Waals surface area (Å²) in [5.74, 6) is -1.67. The second-order valence-electron chi connectivity index (χ2n) is 7.06. The Morgan fingerprint density at radius 2 is 1.77 bits per heavy atom. The number of hydrogen-bond donors (Lipinski definition) is 1. The van der Waals surface area contributed by atoms with Gasteiger partial charge in [0.25, 0.3) is 11.7 Å². The summed E-state index contributed by atoms with van der Waals surface area (Å²) >= 11 is 12.3. The van der Waals surface area contributed by atoms with Crippen molar-refractivity contribution in [3.63, 3.8) is 0 Å². The Balaban J connectivity index is 1.75. The zero-order chi connectivity index (χ0) is 22.0. The number of ketones is 1. The van der Waals surface area contributed by atoms with Gasteiger partial charge in [-0.15, -0.1) is 0 Å². The van der Waals surface area contributed by atoms with E-state index in [4.69, 9.17) is 23.2 Å². The topological polar surface area (TPSA) is 88.3 Å². The molecular formula is C22H18Cl2N4O3. The normalized spacial score (nSPS) is 18.0. The number of aryl methyl sites for hydroxylation is 1. The highest BCUT2D eigenvalue weighted by Gasteiger charge is 2.45. The average Bonchev–Trinajstić information content (AvgIpc) is 3.38. The Hall–Kier alpha value is -3.16. The Kier molecular flexibility index (Phi) is 6.06. The van der Waals surface area contributed by atoms with Gasteiger partial charge in [-0.2, -0.15) is 0 Å². The van der Waals surface area contributed by atoms with Gasteiger partial charge in [-0.05, 0) is 36.2 Å². The van der Waals surface area contributed by atoms with Crippen LogP contribution >= 0.6 is 23.2 Å². The molecule has 0 saturated carbocycles. The zero-order valence-corrected chi connectivity index (χ0v) is 17.8. The number of Topliss-reactive ketones (excluding diaryl/α,β-unsaturated/α-hetero) is 1. The molecule has 1 N–H and O–H groups in total. The van der Waals surface area contributed by atoms with Crippen LogP contribution in [0.1, 0.15) is 23.6 Å². The smallest absolute Gasteiger partial charge is 0.295 e. The first-order valence-electron chi connectivity index (χ1n) is 9.57. The molecule has 9 heteroatoms. The van der Waals surface area contributed by atoms with Gasteiger partial charge in [-0.3, -0.25) is 14.6 Å². The predicted molar refractivity (Wildman–Crippen MR) is 117 cm³/mol. The molecule has 158 valence electrons. The van der Waals surface area contributed by atoms with Gasteiger partial charge in [-0.1, -0.05) is 29.3 Å². The molecule has 31 heavy (non-hydrogen) atoms. The van der Waals surface area contributed by atoms with Crippen molar-refractivity contribution in [1.82, 2.24) is 19.4 Å². The molecule has 0 radical (unpaired) electrons. The maximum atomic E-state index is 13.0. The fourth-order valence-electron chi connectivity index (χ4n) is 3.65. The van der Waals surface area contributed by atoms with Crippen molar-refractivity contribution in [3.8, 4) is 0 Å². The van der Waals surface area contributed by atoms with E-state index in [1.54, 1.807) is 42.9 Å². The summed E-state index contributed by atoms with van der Waals surface area (Å²) in [6, 6.07) is 7.29. The van der Waals surface area contributed by atoms with Crippen LogP contribution in [0.5, 0.6) is 0 Å². The summed E-state index contributed by atoms with van der Waals surface area (Å²) in [4.78, 5) is 35.3. The standard InChI is InChI=1S/C22H18Cl2N4O3/c23-16-3-2-15(12-17(16)24)19-18(20(29)14-4-6-25-7-5-14)21(30)22(31)28(19)10-1-9-27-11-8-26-13-27/h2-8,11-13,19,29H,1,9-10H2/b20-18+. The van der Waals surface area contributed by atoms with Crippen molar-refractivity contribution in [2.45, 2.75) is 19.0 Å². The lowest BCUT2D eigenvalue weighted by Gasteiger charge is -2.25. The van der Waals surface area contributed by atoms with E-state index in [-0.39, 0.29) is 11.3 Å². The van der Waals surface area contributed by atoms with Crippen LogP contribution in [0.25, 0.3) is 5.76 Å². The number of hydrogen-bond acceptors (Lipinski definition) is 5. The van der Waals surface area contributed by atoms with Gasteiger partial charge in [0.15, 0.2) is 0 Å². The molecule has 7 nitrogen and oxygen atoms in total. The lowest BCUT2D eigenvalue weighted by atomic mass is 9.95. The fraction of sp³-hybridized carbons (Fsp3) is 0.182. The van der Waals surface area contributed by atoms with Gasteiger partial charge < -0.3 is 14.6 Å². The number of amides is 1. The molecule has 0 aliphatic carbocycles. The molecule has 3 heterocycles. The largest absolute Gasteiger partial charge is 0.507 e. The molecule has 1 saturated heterocycles. The lowest BCUT2D eigenvalue weighted by Crippen LogP contribution is -2.31. The summed E-state index contributed by atoms with van der Waals surface area (Å²) in [6.45, 7) is 0.933. The molecule has 4 rings (SSSR count). The number of halogens is 2. The molecular weight excluding hydrogens is 439 g/mol. The van der Waals surface area contributed by atoms with Gasteiger partial charge in [-0.25, -0.2) is 4.98 Å². The Morgan fingerprint density at radius 3 is 2.45 bits per heavy atom. The second kappa shape index (κ2) is 8.91. The van der Waals surface area contributed by atoms with Crippen molar-refractivity contribution in [2.24, 2.45) is 0 Å². The van der Waals surface area contributed by atoms with Crippen LogP contribution in [-0.2, 0) is 16.1 Å². The number of aliphatic hydroxyl groups excluding tert-OH is 1. The summed E-state index contributed by atoms with van der Waals surface area (Å²) in [7, 11) is 0. The quantitative estimate of drug-likeness (QED) is 0.342. The average molecular weight is 457 g/mol. The Morgan fingerprint density at radius 1 is 1.00 bits per heavy atom. The number of imidazole rings is 1. The highest BCUT2D eigenvalue weighted by molar-refractivity contribution is 6.46. The van der Waals surface area contributed by atoms with E-state index >= 15 is 0 Å². The van der Waals surface area contributed by atoms with Crippen molar-refractivity contribution >= 4 is 40.7 Å². The van der Waals surface area contributed by atoms with E-state index in [2.05, 4.69) is 9.97 Å². The maximum Gasteiger partial charge on any atom is 0.295 e.